The topological polar surface area (TPSA) is 105 Å². The lowest BCUT2D eigenvalue weighted by Crippen LogP contribution is -2.32. The van der Waals surface area contributed by atoms with Gasteiger partial charge in [0.15, 0.2) is 0 Å². The number of anilines is 1. The summed E-state index contributed by atoms with van der Waals surface area (Å²) in [7, 11) is 3.91. The zero-order valence-corrected chi connectivity index (χ0v) is 15.6. The fraction of sp³-hybridized carbons (Fsp3) is 0.294. The number of rotatable bonds is 6. The Morgan fingerprint density at radius 1 is 1.19 bits per heavy atom. The normalized spacial score (nSPS) is 14.2. The molecule has 2 amide bonds. The molecule has 0 spiro atoms. The van der Waals surface area contributed by atoms with Crippen molar-refractivity contribution in [3.05, 3.63) is 35.3 Å². The lowest BCUT2D eigenvalue weighted by Gasteiger charge is -2.11. The minimum absolute atomic E-state index is 0.0622. The van der Waals surface area contributed by atoms with Crippen LogP contribution in [0.15, 0.2) is 40.7 Å². The van der Waals surface area contributed by atoms with Crippen molar-refractivity contribution >= 4 is 45.6 Å². The first-order chi connectivity index (χ1) is 12.9. The number of carbonyl (C=O) groups excluding carboxylic acids is 3. The van der Waals surface area contributed by atoms with Crippen LogP contribution < -0.4 is 4.90 Å². The van der Waals surface area contributed by atoms with E-state index in [0.29, 0.717) is 20.8 Å². The summed E-state index contributed by atoms with van der Waals surface area (Å²) in [5.41, 5.74) is 1.74. The lowest BCUT2D eigenvalue weighted by molar-refractivity contribution is -0.196. The van der Waals surface area contributed by atoms with Crippen LogP contribution in [0.1, 0.15) is 17.7 Å². The van der Waals surface area contributed by atoms with Crippen molar-refractivity contribution in [2.45, 2.75) is 19.3 Å². The number of hydroxylamine groups is 2. The highest BCUT2D eigenvalue weighted by atomic mass is 32.1. The lowest BCUT2D eigenvalue weighted by atomic mass is 10.3. The van der Waals surface area contributed by atoms with E-state index >= 15 is 0 Å². The Balaban J connectivity index is 1.57. The number of hydrogen-bond donors (Lipinski definition) is 0. The van der Waals surface area contributed by atoms with Crippen LogP contribution in [0.5, 0.6) is 0 Å². The average Bonchev–Trinajstić information content (AvgIpc) is 3.21. The largest absolute Gasteiger partial charge is 0.378 e. The molecule has 0 N–H and O–H groups in total. The average molecular weight is 387 g/mol. The highest BCUT2D eigenvalue weighted by Crippen LogP contribution is 2.25. The molecule has 1 aliphatic heterocycles. The van der Waals surface area contributed by atoms with Crippen LogP contribution in [0.2, 0.25) is 0 Å². The predicted molar refractivity (Wildman–Crippen MR) is 97.9 cm³/mol. The van der Waals surface area contributed by atoms with Crippen molar-refractivity contribution in [2.24, 2.45) is 10.2 Å². The quantitative estimate of drug-likeness (QED) is 0.557. The van der Waals surface area contributed by atoms with Gasteiger partial charge in [-0.15, -0.1) is 15.3 Å². The van der Waals surface area contributed by atoms with Crippen LogP contribution in [0.3, 0.4) is 0 Å². The van der Waals surface area contributed by atoms with Gasteiger partial charge in [-0.1, -0.05) is 11.3 Å². The molecule has 0 unspecified atom stereocenters. The molecular weight excluding hydrogens is 370 g/mol. The van der Waals surface area contributed by atoms with Crippen molar-refractivity contribution in [1.29, 1.82) is 0 Å². The fourth-order valence-corrected chi connectivity index (χ4v) is 2.99. The van der Waals surface area contributed by atoms with Gasteiger partial charge >= 0.3 is 5.97 Å². The second-order valence-corrected chi connectivity index (χ2v) is 7.04. The van der Waals surface area contributed by atoms with E-state index in [-0.39, 0.29) is 19.3 Å². The number of thiazole rings is 1. The van der Waals surface area contributed by atoms with Gasteiger partial charge in [0, 0.05) is 43.7 Å². The van der Waals surface area contributed by atoms with E-state index in [1.54, 1.807) is 0 Å². The molecule has 27 heavy (non-hydrogen) atoms. The number of imide groups is 1. The van der Waals surface area contributed by atoms with E-state index in [4.69, 9.17) is 4.84 Å². The third-order valence-corrected chi connectivity index (χ3v) is 4.56. The van der Waals surface area contributed by atoms with Crippen LogP contribution in [0.25, 0.3) is 0 Å². The molecule has 3 rings (SSSR count). The molecule has 0 aliphatic carbocycles. The third kappa shape index (κ3) is 4.73. The molecule has 1 aliphatic rings. The molecule has 1 aromatic heterocycles. The molecule has 140 valence electrons. The molecule has 1 fully saturated rings. The summed E-state index contributed by atoms with van der Waals surface area (Å²) in [5, 5.41) is 9.09. The van der Waals surface area contributed by atoms with Gasteiger partial charge in [0.1, 0.15) is 0 Å². The van der Waals surface area contributed by atoms with E-state index in [2.05, 4.69) is 15.2 Å². The highest BCUT2D eigenvalue weighted by molar-refractivity contribution is 7.15. The summed E-state index contributed by atoms with van der Waals surface area (Å²) >= 11 is 1.18. The van der Waals surface area contributed by atoms with Crippen LogP contribution in [-0.4, -0.2) is 41.9 Å². The second-order valence-electron chi connectivity index (χ2n) is 5.94. The summed E-state index contributed by atoms with van der Waals surface area (Å²) in [4.78, 5) is 46.3. The number of carbonyl (C=O) groups is 3. The fourth-order valence-electron chi connectivity index (χ4n) is 2.28. The van der Waals surface area contributed by atoms with Gasteiger partial charge in [-0.25, -0.2) is 9.78 Å². The Bertz CT molecular complexity index is 875. The first-order valence-electron chi connectivity index (χ1n) is 8.13. The summed E-state index contributed by atoms with van der Waals surface area (Å²) < 4.78 is 0. The number of azo groups is 1. The molecule has 2 heterocycles. The van der Waals surface area contributed by atoms with E-state index in [1.807, 2.05) is 43.3 Å². The maximum absolute atomic E-state index is 11.9. The molecular formula is C17H17N5O4S. The van der Waals surface area contributed by atoms with Crippen molar-refractivity contribution in [2.75, 3.05) is 19.0 Å². The first kappa shape index (κ1) is 18.6. The van der Waals surface area contributed by atoms with Crippen molar-refractivity contribution in [3.8, 4) is 0 Å². The van der Waals surface area contributed by atoms with E-state index in [9.17, 15) is 14.4 Å². The van der Waals surface area contributed by atoms with Crippen molar-refractivity contribution in [1.82, 2.24) is 10.0 Å². The summed E-state index contributed by atoms with van der Waals surface area (Å²) in [5.74, 6) is -1.72. The molecule has 0 atom stereocenters. The SMILES string of the molecule is CN(C)c1ccc(N=Nc2ncc(CC(=O)ON3C(=O)CCC3=O)s2)cc1. The molecule has 10 heteroatoms. The zero-order valence-electron chi connectivity index (χ0n) is 14.8. The van der Waals surface area contributed by atoms with Crippen LogP contribution in [-0.2, 0) is 25.6 Å². The number of aromatic nitrogens is 1. The van der Waals surface area contributed by atoms with Gasteiger partial charge in [-0.2, -0.15) is 0 Å². The minimum Gasteiger partial charge on any atom is -0.378 e. The standard InChI is InChI=1S/C17H17N5O4S/c1-21(2)12-5-3-11(4-6-12)19-20-17-18-10-13(27-17)9-16(25)26-22-14(23)7-8-15(22)24/h3-6,10H,7-9H2,1-2H3. The first-order valence-corrected chi connectivity index (χ1v) is 8.94. The third-order valence-electron chi connectivity index (χ3n) is 3.68. The number of amides is 2. The van der Waals surface area contributed by atoms with Crippen LogP contribution in [0, 0.1) is 0 Å². The molecule has 1 aromatic carbocycles. The van der Waals surface area contributed by atoms with Gasteiger partial charge in [0.05, 0.1) is 12.1 Å². The molecule has 1 saturated heterocycles. The Morgan fingerprint density at radius 2 is 1.85 bits per heavy atom. The predicted octanol–water partition coefficient (Wildman–Crippen LogP) is 2.77. The van der Waals surface area contributed by atoms with Gasteiger partial charge in [-0.3, -0.25) is 9.59 Å². The highest BCUT2D eigenvalue weighted by Gasteiger charge is 2.32. The van der Waals surface area contributed by atoms with Crippen LogP contribution in [0.4, 0.5) is 16.5 Å². The Morgan fingerprint density at radius 3 is 2.48 bits per heavy atom. The van der Waals surface area contributed by atoms with E-state index < -0.39 is 17.8 Å². The maximum atomic E-state index is 11.9. The Hall–Kier alpha value is -3.14. The van der Waals surface area contributed by atoms with E-state index in [0.717, 1.165) is 5.69 Å². The van der Waals surface area contributed by atoms with E-state index in [1.165, 1.54) is 17.5 Å². The molecule has 2 aromatic rings. The number of hydrogen-bond acceptors (Lipinski definition) is 9. The molecule has 0 saturated carbocycles. The maximum Gasteiger partial charge on any atom is 0.338 e. The molecule has 9 nitrogen and oxygen atoms in total. The second kappa shape index (κ2) is 8.04. The summed E-state index contributed by atoms with van der Waals surface area (Å²) in [6, 6.07) is 7.54. The van der Waals surface area contributed by atoms with Gasteiger partial charge in [-0.05, 0) is 24.3 Å². The summed E-state index contributed by atoms with van der Waals surface area (Å²) in [6.45, 7) is 0. The minimum atomic E-state index is -0.704. The smallest absolute Gasteiger partial charge is 0.338 e. The zero-order chi connectivity index (χ0) is 19.4. The number of benzene rings is 1. The van der Waals surface area contributed by atoms with Gasteiger partial charge in [0.25, 0.3) is 11.8 Å². The summed E-state index contributed by atoms with van der Waals surface area (Å²) in [6.07, 6.45) is 1.50. The monoisotopic (exact) mass is 387 g/mol. The van der Waals surface area contributed by atoms with Crippen LogP contribution >= 0.6 is 11.3 Å². The van der Waals surface area contributed by atoms with Crippen molar-refractivity contribution < 1.29 is 19.2 Å². The Kier molecular flexibility index (Phi) is 5.55. The molecule has 0 radical (unpaired) electrons. The van der Waals surface area contributed by atoms with Crippen molar-refractivity contribution in [3.63, 3.8) is 0 Å². The number of nitrogens with zero attached hydrogens (tertiary/aromatic N) is 5. The Labute approximate surface area is 159 Å². The van der Waals surface area contributed by atoms with Gasteiger partial charge in [0.2, 0.25) is 5.13 Å². The molecule has 0 bridgehead atoms. The van der Waals surface area contributed by atoms with Gasteiger partial charge < -0.3 is 9.74 Å².